The molecule has 13 heteroatoms. The average molecular weight is 551 g/mol. The van der Waals surface area contributed by atoms with Gasteiger partial charge >= 0.3 is 6.09 Å². The summed E-state index contributed by atoms with van der Waals surface area (Å²) in [6.07, 6.45) is 1.65. The smallest absolute Gasteiger partial charge is 0.426 e. The van der Waals surface area contributed by atoms with Gasteiger partial charge in [0, 0.05) is 17.3 Å². The lowest BCUT2D eigenvalue weighted by atomic mass is 9.86. The molecule has 204 valence electrons. The van der Waals surface area contributed by atoms with Crippen LogP contribution in [0.1, 0.15) is 38.8 Å². The number of ether oxygens (including phenoxy) is 1. The quantitative estimate of drug-likeness (QED) is 0.293. The molecule has 0 unspecified atom stereocenters. The molecule has 1 heterocycles. The highest BCUT2D eigenvalue weighted by molar-refractivity contribution is 7.80. The van der Waals surface area contributed by atoms with Crippen LogP contribution in [0.15, 0.2) is 55.1 Å². The molecule has 0 fully saturated rings. The van der Waals surface area contributed by atoms with E-state index in [2.05, 4.69) is 20.8 Å². The SMILES string of the molecule is C[C@@H](N(NC(=O)OC(C)(C)C)C(=S)Nc1ccc(CF)cc1)[C@](O)(Cn1cncn1)c1ccc(F)cc1F. The number of amides is 1. The second kappa shape index (κ2) is 11.8. The van der Waals surface area contributed by atoms with Crippen LogP contribution in [0, 0.1) is 11.6 Å². The molecule has 38 heavy (non-hydrogen) atoms. The molecule has 0 saturated heterocycles. The number of benzene rings is 2. The van der Waals surface area contributed by atoms with Crippen LogP contribution in [0.2, 0.25) is 0 Å². The number of rotatable bonds is 7. The molecule has 0 spiro atoms. The van der Waals surface area contributed by atoms with Crippen molar-refractivity contribution in [1.82, 2.24) is 25.2 Å². The Labute approximate surface area is 223 Å². The molecule has 0 aliphatic rings. The maximum Gasteiger partial charge on any atom is 0.426 e. The average Bonchev–Trinajstić information content (AvgIpc) is 3.34. The predicted octanol–water partition coefficient (Wildman–Crippen LogP) is 4.44. The molecule has 1 amide bonds. The summed E-state index contributed by atoms with van der Waals surface area (Å²) in [5.74, 6) is -1.85. The standard InChI is InChI=1S/C25H29F3N6O3S/c1-16(25(36,13-33-15-29-14-30-33)20-10-7-18(27)11-21(20)28)34(32-23(35)37-24(2,3)4)22(38)31-19-8-5-17(12-26)6-9-19/h5-11,14-16,36H,12-13H2,1-4H3,(H,31,38)(H,32,35)/t16-,25-/m1/s1. The molecule has 0 radical (unpaired) electrons. The van der Waals surface area contributed by atoms with Gasteiger partial charge in [-0.3, -0.25) is 5.01 Å². The number of thiocarbonyl (C=S) groups is 1. The monoisotopic (exact) mass is 550 g/mol. The third kappa shape index (κ3) is 7.19. The molecule has 1 aromatic heterocycles. The highest BCUT2D eigenvalue weighted by Gasteiger charge is 2.44. The molecule has 3 aromatic rings. The van der Waals surface area contributed by atoms with E-state index in [0.717, 1.165) is 17.1 Å². The van der Waals surface area contributed by atoms with Crippen LogP contribution >= 0.6 is 12.2 Å². The lowest BCUT2D eigenvalue weighted by molar-refractivity contribution is -0.0574. The van der Waals surface area contributed by atoms with E-state index in [9.17, 15) is 18.7 Å². The third-order valence-corrected chi connectivity index (χ3v) is 5.83. The fourth-order valence-electron chi connectivity index (χ4n) is 3.64. The van der Waals surface area contributed by atoms with Gasteiger partial charge in [-0.25, -0.2) is 33.1 Å². The van der Waals surface area contributed by atoms with Crippen molar-refractivity contribution in [2.45, 2.75) is 58.2 Å². The number of alkyl halides is 1. The molecule has 3 N–H and O–H groups in total. The Morgan fingerprint density at radius 2 is 1.89 bits per heavy atom. The van der Waals surface area contributed by atoms with E-state index in [1.165, 1.54) is 24.3 Å². The molecular formula is C25H29F3N6O3S. The number of carbonyl (C=O) groups is 1. The van der Waals surface area contributed by atoms with E-state index in [0.29, 0.717) is 17.3 Å². The second-order valence-electron chi connectivity index (χ2n) is 9.56. The molecule has 3 rings (SSSR count). The number of anilines is 1. The van der Waals surface area contributed by atoms with Crippen molar-refractivity contribution in [3.05, 3.63) is 77.9 Å². The van der Waals surface area contributed by atoms with Crippen LogP contribution in [0.3, 0.4) is 0 Å². The zero-order valence-corrected chi connectivity index (χ0v) is 22.1. The number of aromatic nitrogens is 3. The lowest BCUT2D eigenvalue weighted by Gasteiger charge is -2.42. The van der Waals surface area contributed by atoms with Gasteiger partial charge in [-0.1, -0.05) is 18.2 Å². The minimum atomic E-state index is -2.13. The molecule has 0 bridgehead atoms. The van der Waals surface area contributed by atoms with E-state index in [1.807, 2.05) is 0 Å². The first-order chi connectivity index (χ1) is 17.8. The van der Waals surface area contributed by atoms with Gasteiger partial charge < -0.3 is 15.2 Å². The summed E-state index contributed by atoms with van der Waals surface area (Å²) in [7, 11) is 0. The van der Waals surface area contributed by atoms with Crippen LogP contribution in [0.4, 0.5) is 23.7 Å². The van der Waals surface area contributed by atoms with E-state index in [4.69, 9.17) is 17.0 Å². The minimum absolute atomic E-state index is 0.101. The highest BCUT2D eigenvalue weighted by Crippen LogP contribution is 2.33. The zero-order chi connectivity index (χ0) is 28.1. The van der Waals surface area contributed by atoms with Crippen molar-refractivity contribution in [3.8, 4) is 0 Å². The largest absolute Gasteiger partial charge is 0.443 e. The van der Waals surface area contributed by atoms with Gasteiger partial charge in [0.05, 0.1) is 12.6 Å². The van der Waals surface area contributed by atoms with E-state index >= 15 is 4.39 Å². The summed E-state index contributed by atoms with van der Waals surface area (Å²) in [5.41, 5.74) is 0.151. The number of carbonyl (C=O) groups excluding carboxylic acids is 1. The number of nitrogens with zero attached hydrogens (tertiary/aromatic N) is 4. The van der Waals surface area contributed by atoms with Crippen molar-refractivity contribution in [2.75, 3.05) is 5.32 Å². The van der Waals surface area contributed by atoms with Crippen LogP contribution < -0.4 is 10.7 Å². The first kappa shape index (κ1) is 28.9. The summed E-state index contributed by atoms with van der Waals surface area (Å²) in [6.45, 7) is 5.50. The van der Waals surface area contributed by atoms with Crippen LogP contribution in [0.5, 0.6) is 0 Å². The first-order valence-corrected chi connectivity index (χ1v) is 12.0. The Kier molecular flexibility index (Phi) is 8.94. The molecule has 2 aromatic carbocycles. The predicted molar refractivity (Wildman–Crippen MR) is 138 cm³/mol. The summed E-state index contributed by atoms with van der Waals surface area (Å²) in [5, 5.41) is 19.9. The van der Waals surface area contributed by atoms with Gasteiger partial charge in [0.15, 0.2) is 5.11 Å². The molecule has 0 aliphatic heterocycles. The zero-order valence-electron chi connectivity index (χ0n) is 21.3. The number of hydrazine groups is 1. The molecule has 9 nitrogen and oxygen atoms in total. The lowest BCUT2D eigenvalue weighted by Crippen LogP contribution is -2.61. The van der Waals surface area contributed by atoms with E-state index in [-0.39, 0.29) is 17.2 Å². The van der Waals surface area contributed by atoms with Gasteiger partial charge in [-0.2, -0.15) is 5.10 Å². The molecule has 0 saturated carbocycles. The summed E-state index contributed by atoms with van der Waals surface area (Å²) >= 11 is 5.55. The Morgan fingerprint density at radius 1 is 1.21 bits per heavy atom. The Morgan fingerprint density at radius 3 is 2.45 bits per heavy atom. The van der Waals surface area contributed by atoms with Crippen molar-refractivity contribution >= 4 is 29.1 Å². The topological polar surface area (TPSA) is 105 Å². The number of nitrogens with one attached hydrogen (secondary N) is 2. The Bertz CT molecular complexity index is 1250. The van der Waals surface area contributed by atoms with Crippen molar-refractivity contribution in [1.29, 1.82) is 0 Å². The van der Waals surface area contributed by atoms with Crippen molar-refractivity contribution in [3.63, 3.8) is 0 Å². The van der Waals surface area contributed by atoms with Crippen LogP contribution in [-0.4, -0.2) is 47.7 Å². The van der Waals surface area contributed by atoms with Crippen LogP contribution in [0.25, 0.3) is 0 Å². The van der Waals surface area contributed by atoms with Gasteiger partial charge in [0.25, 0.3) is 0 Å². The summed E-state index contributed by atoms with van der Waals surface area (Å²) in [6, 6.07) is 7.83. The maximum absolute atomic E-state index is 15.0. The Balaban J connectivity index is 2.03. The first-order valence-electron chi connectivity index (χ1n) is 11.6. The van der Waals surface area contributed by atoms with Crippen molar-refractivity contribution in [2.24, 2.45) is 0 Å². The fraction of sp³-hybridized carbons (Fsp3) is 0.360. The molecular weight excluding hydrogens is 521 g/mol. The maximum atomic E-state index is 15.0. The summed E-state index contributed by atoms with van der Waals surface area (Å²) in [4.78, 5) is 16.6. The minimum Gasteiger partial charge on any atom is -0.443 e. The van der Waals surface area contributed by atoms with Gasteiger partial charge in [0.2, 0.25) is 0 Å². The highest BCUT2D eigenvalue weighted by atomic mass is 32.1. The fourth-order valence-corrected chi connectivity index (χ4v) is 3.96. The van der Waals surface area contributed by atoms with Gasteiger partial charge in [0.1, 0.15) is 42.2 Å². The Hall–Kier alpha value is -3.71. The number of hydrogen-bond donors (Lipinski definition) is 3. The second-order valence-corrected chi connectivity index (χ2v) is 9.95. The van der Waals surface area contributed by atoms with Gasteiger partial charge in [-0.05, 0) is 63.7 Å². The van der Waals surface area contributed by atoms with Crippen LogP contribution in [-0.2, 0) is 23.6 Å². The molecule has 2 atom stereocenters. The normalized spacial score (nSPS) is 13.8. The number of halogens is 3. The number of aliphatic hydroxyl groups is 1. The summed E-state index contributed by atoms with van der Waals surface area (Å²) < 4.78 is 48.3. The van der Waals surface area contributed by atoms with E-state index < -0.39 is 41.6 Å². The van der Waals surface area contributed by atoms with Gasteiger partial charge in [-0.15, -0.1) is 0 Å². The molecule has 0 aliphatic carbocycles. The third-order valence-electron chi connectivity index (χ3n) is 5.53. The number of hydrogen-bond acceptors (Lipinski definition) is 6. The van der Waals surface area contributed by atoms with E-state index in [1.54, 1.807) is 45.0 Å². The van der Waals surface area contributed by atoms with Crippen molar-refractivity contribution < 1.29 is 27.8 Å².